The number of ether oxygens (including phenoxy) is 1. The van der Waals surface area contributed by atoms with Gasteiger partial charge in [-0.15, -0.1) is 5.10 Å². The standard InChI is InChI=1S/C14H16FN5O5/c15-6-1-3-7(4-2-6)17-14-18-12(11(16)24)20(19-14)13-10(23)9(22)8(5-21)25-13/h1-4,8-10,13,21-23H,5H2,(H2,16,24)(H,17,19)/t8-,9-,10-,13-/m1/s1. The second-order valence-corrected chi connectivity index (χ2v) is 5.43. The lowest BCUT2D eigenvalue weighted by molar-refractivity contribution is -0.0594. The smallest absolute Gasteiger partial charge is 0.286 e. The Labute approximate surface area is 140 Å². The Bertz CT molecular complexity index is 767. The summed E-state index contributed by atoms with van der Waals surface area (Å²) >= 11 is 0. The average Bonchev–Trinajstić information content (AvgIpc) is 3.12. The fraction of sp³-hybridized carbons (Fsp3) is 0.357. The summed E-state index contributed by atoms with van der Waals surface area (Å²) in [6.45, 7) is -0.532. The molecule has 4 atom stereocenters. The molecule has 0 radical (unpaired) electrons. The van der Waals surface area contributed by atoms with Crippen LogP contribution in [0, 0.1) is 5.82 Å². The van der Waals surface area contributed by atoms with Crippen LogP contribution in [-0.2, 0) is 4.74 Å². The zero-order valence-electron chi connectivity index (χ0n) is 12.8. The summed E-state index contributed by atoms with van der Waals surface area (Å²) in [5.74, 6) is -1.72. The Hall–Kier alpha value is -2.60. The molecule has 2 aromatic rings. The molecule has 134 valence electrons. The first-order valence-electron chi connectivity index (χ1n) is 7.32. The molecule has 25 heavy (non-hydrogen) atoms. The molecule has 0 bridgehead atoms. The van der Waals surface area contributed by atoms with Crippen LogP contribution in [-0.4, -0.2) is 60.9 Å². The van der Waals surface area contributed by atoms with Gasteiger partial charge in [-0.3, -0.25) is 4.79 Å². The van der Waals surface area contributed by atoms with E-state index in [9.17, 15) is 19.4 Å². The summed E-state index contributed by atoms with van der Waals surface area (Å²) in [6.07, 6.45) is -5.12. The van der Waals surface area contributed by atoms with Gasteiger partial charge in [0.1, 0.15) is 24.1 Å². The zero-order valence-corrected chi connectivity index (χ0v) is 12.8. The van der Waals surface area contributed by atoms with Crippen LogP contribution in [0.5, 0.6) is 0 Å². The van der Waals surface area contributed by atoms with E-state index in [4.69, 9.17) is 15.6 Å². The lowest BCUT2D eigenvalue weighted by Crippen LogP contribution is -2.34. The van der Waals surface area contributed by atoms with Crippen LogP contribution < -0.4 is 11.1 Å². The van der Waals surface area contributed by atoms with Crippen molar-refractivity contribution in [3.63, 3.8) is 0 Å². The molecule has 1 aromatic heterocycles. The van der Waals surface area contributed by atoms with Crippen molar-refractivity contribution in [1.82, 2.24) is 14.8 Å². The highest BCUT2D eigenvalue weighted by Crippen LogP contribution is 2.30. The molecule has 2 heterocycles. The third-order valence-electron chi connectivity index (χ3n) is 3.71. The maximum absolute atomic E-state index is 12.9. The van der Waals surface area contributed by atoms with Gasteiger partial charge in [0.15, 0.2) is 6.23 Å². The molecule has 1 aliphatic rings. The summed E-state index contributed by atoms with van der Waals surface area (Å²) in [4.78, 5) is 15.5. The Balaban J connectivity index is 1.90. The summed E-state index contributed by atoms with van der Waals surface area (Å²) in [7, 11) is 0. The Morgan fingerprint density at radius 3 is 2.56 bits per heavy atom. The van der Waals surface area contributed by atoms with E-state index >= 15 is 0 Å². The molecule has 3 rings (SSSR count). The van der Waals surface area contributed by atoms with E-state index in [2.05, 4.69) is 15.4 Å². The first-order chi connectivity index (χ1) is 11.9. The summed E-state index contributed by atoms with van der Waals surface area (Å²) in [6, 6.07) is 5.32. The van der Waals surface area contributed by atoms with Crippen molar-refractivity contribution in [2.24, 2.45) is 5.73 Å². The number of aliphatic hydroxyl groups is 3. The predicted octanol–water partition coefficient (Wildman–Crippen LogP) is -1.13. The number of amides is 1. The molecule has 0 unspecified atom stereocenters. The molecule has 1 saturated heterocycles. The van der Waals surface area contributed by atoms with E-state index in [1.54, 1.807) is 0 Å². The van der Waals surface area contributed by atoms with Crippen LogP contribution in [0.2, 0.25) is 0 Å². The molecule has 6 N–H and O–H groups in total. The van der Waals surface area contributed by atoms with Crippen LogP contribution in [0.3, 0.4) is 0 Å². The number of anilines is 2. The molecule has 0 spiro atoms. The number of hydrogen-bond acceptors (Lipinski definition) is 8. The fourth-order valence-corrected chi connectivity index (χ4v) is 2.47. The highest BCUT2D eigenvalue weighted by atomic mass is 19.1. The van der Waals surface area contributed by atoms with Crippen LogP contribution >= 0.6 is 0 Å². The Kier molecular flexibility index (Phi) is 4.63. The van der Waals surface area contributed by atoms with Crippen LogP contribution in [0.4, 0.5) is 16.0 Å². The van der Waals surface area contributed by atoms with Gasteiger partial charge in [0.05, 0.1) is 6.61 Å². The number of carbonyl (C=O) groups excluding carboxylic acids is 1. The molecule has 10 nitrogen and oxygen atoms in total. The number of primary amides is 1. The topological polar surface area (TPSA) is 156 Å². The molecule has 1 fully saturated rings. The lowest BCUT2D eigenvalue weighted by atomic mass is 10.1. The van der Waals surface area contributed by atoms with Gasteiger partial charge in [0.25, 0.3) is 5.91 Å². The number of aromatic nitrogens is 3. The van der Waals surface area contributed by atoms with Crippen molar-refractivity contribution < 1.29 is 29.2 Å². The molecular formula is C14H16FN5O5. The number of halogens is 1. The van der Waals surface area contributed by atoms with Crippen molar-refractivity contribution in [2.75, 3.05) is 11.9 Å². The summed E-state index contributed by atoms with van der Waals surface area (Å²) in [5.41, 5.74) is 5.72. The van der Waals surface area contributed by atoms with Crippen molar-refractivity contribution in [2.45, 2.75) is 24.5 Å². The highest BCUT2D eigenvalue weighted by molar-refractivity contribution is 5.89. The third kappa shape index (κ3) is 3.30. The van der Waals surface area contributed by atoms with Gasteiger partial charge >= 0.3 is 0 Å². The first-order valence-corrected chi connectivity index (χ1v) is 7.32. The van der Waals surface area contributed by atoms with E-state index in [1.807, 2.05) is 0 Å². The van der Waals surface area contributed by atoms with Gasteiger partial charge in [0, 0.05) is 5.69 Å². The second kappa shape index (κ2) is 6.72. The quantitative estimate of drug-likeness (QED) is 0.452. The summed E-state index contributed by atoms with van der Waals surface area (Å²) in [5, 5.41) is 35.8. The number of nitrogens with two attached hydrogens (primary N) is 1. The van der Waals surface area contributed by atoms with Crippen LogP contribution in [0.1, 0.15) is 16.8 Å². The molecule has 1 aromatic carbocycles. The van der Waals surface area contributed by atoms with Gasteiger partial charge in [-0.05, 0) is 24.3 Å². The minimum Gasteiger partial charge on any atom is -0.394 e. The number of carbonyl (C=O) groups is 1. The van der Waals surface area contributed by atoms with Gasteiger partial charge in [0.2, 0.25) is 11.8 Å². The normalized spacial score (nSPS) is 25.9. The largest absolute Gasteiger partial charge is 0.394 e. The van der Waals surface area contributed by atoms with Gasteiger partial charge < -0.3 is 31.1 Å². The Morgan fingerprint density at radius 1 is 1.32 bits per heavy atom. The van der Waals surface area contributed by atoms with E-state index in [0.29, 0.717) is 5.69 Å². The number of nitrogens with zero attached hydrogens (tertiary/aromatic N) is 3. The monoisotopic (exact) mass is 353 g/mol. The number of benzene rings is 1. The maximum atomic E-state index is 12.9. The number of hydrogen-bond donors (Lipinski definition) is 5. The van der Waals surface area contributed by atoms with E-state index in [1.165, 1.54) is 24.3 Å². The predicted molar refractivity (Wildman–Crippen MR) is 81.2 cm³/mol. The number of nitrogens with one attached hydrogen (secondary N) is 1. The molecule has 0 aliphatic carbocycles. The number of rotatable bonds is 5. The van der Waals surface area contributed by atoms with Crippen molar-refractivity contribution in [1.29, 1.82) is 0 Å². The molecular weight excluding hydrogens is 337 g/mol. The average molecular weight is 353 g/mol. The van der Waals surface area contributed by atoms with Crippen molar-refractivity contribution in [3.8, 4) is 0 Å². The molecule has 1 aliphatic heterocycles. The van der Waals surface area contributed by atoms with Crippen molar-refractivity contribution >= 4 is 17.5 Å². The molecule has 1 amide bonds. The molecule has 0 saturated carbocycles. The second-order valence-electron chi connectivity index (χ2n) is 5.43. The summed E-state index contributed by atoms with van der Waals surface area (Å²) < 4.78 is 19.2. The zero-order chi connectivity index (χ0) is 18.1. The highest BCUT2D eigenvalue weighted by Gasteiger charge is 2.45. The number of aliphatic hydroxyl groups excluding tert-OH is 3. The lowest BCUT2D eigenvalue weighted by Gasteiger charge is -2.15. The SMILES string of the molecule is NC(=O)c1nc(Nc2ccc(F)cc2)nn1[C@@H]1O[C@H](CO)[C@@H](O)[C@H]1O. The van der Waals surface area contributed by atoms with E-state index in [0.717, 1.165) is 4.68 Å². The van der Waals surface area contributed by atoms with Crippen molar-refractivity contribution in [3.05, 3.63) is 35.9 Å². The minimum absolute atomic E-state index is 0.0434. The van der Waals surface area contributed by atoms with Crippen LogP contribution in [0.15, 0.2) is 24.3 Å². The minimum atomic E-state index is -1.45. The third-order valence-corrected chi connectivity index (χ3v) is 3.71. The van der Waals surface area contributed by atoms with Gasteiger partial charge in [-0.2, -0.15) is 4.98 Å². The Morgan fingerprint density at radius 2 is 2.00 bits per heavy atom. The maximum Gasteiger partial charge on any atom is 0.286 e. The fourth-order valence-electron chi connectivity index (χ4n) is 2.47. The first kappa shape index (κ1) is 17.2. The van der Waals surface area contributed by atoms with Gasteiger partial charge in [-0.1, -0.05) is 0 Å². The van der Waals surface area contributed by atoms with Gasteiger partial charge in [-0.25, -0.2) is 9.07 Å². The molecule has 11 heteroatoms. The van der Waals surface area contributed by atoms with Crippen LogP contribution in [0.25, 0.3) is 0 Å². The van der Waals surface area contributed by atoms with E-state index < -0.39 is 42.9 Å². The van der Waals surface area contributed by atoms with E-state index in [-0.39, 0.29) is 11.8 Å².